The smallest absolute Gasteiger partial charge is 0.260 e. The van der Waals surface area contributed by atoms with E-state index < -0.39 is 5.54 Å². The van der Waals surface area contributed by atoms with Crippen LogP contribution in [0.25, 0.3) is 22.3 Å². The van der Waals surface area contributed by atoms with Crippen molar-refractivity contribution in [2.75, 3.05) is 4.90 Å². The quantitative estimate of drug-likeness (QED) is 0.356. The summed E-state index contributed by atoms with van der Waals surface area (Å²) in [6, 6.07) is 15.9. The number of benzene rings is 1. The van der Waals surface area contributed by atoms with Gasteiger partial charge in [-0.2, -0.15) is 0 Å². The number of hydrogen-bond acceptors (Lipinski definition) is 7. The monoisotopic (exact) mass is 518 g/mol. The molecule has 4 heterocycles. The zero-order valence-electron chi connectivity index (χ0n) is 22.3. The Labute approximate surface area is 227 Å². The number of carbonyl (C=O) groups excluding carboxylic acids is 2. The fourth-order valence-corrected chi connectivity index (χ4v) is 4.82. The van der Waals surface area contributed by atoms with E-state index in [1.165, 1.54) is 5.57 Å². The van der Waals surface area contributed by atoms with E-state index in [2.05, 4.69) is 20.2 Å². The summed E-state index contributed by atoms with van der Waals surface area (Å²) in [5.74, 6) is 0.752. The summed E-state index contributed by atoms with van der Waals surface area (Å²) < 4.78 is 0. The highest BCUT2D eigenvalue weighted by Crippen LogP contribution is 2.44. The average Bonchev–Trinajstić information content (AvgIpc) is 3.77. The van der Waals surface area contributed by atoms with Gasteiger partial charge in [0.15, 0.2) is 0 Å². The van der Waals surface area contributed by atoms with Crippen LogP contribution < -0.4 is 16.0 Å². The molecule has 3 aromatic heterocycles. The number of ketones is 1. The van der Waals surface area contributed by atoms with E-state index in [0.29, 0.717) is 35.1 Å². The third kappa shape index (κ3) is 4.79. The van der Waals surface area contributed by atoms with Gasteiger partial charge in [0, 0.05) is 41.3 Å². The van der Waals surface area contributed by atoms with Crippen LogP contribution in [0.3, 0.4) is 0 Å². The van der Waals surface area contributed by atoms with Gasteiger partial charge in [0.25, 0.3) is 5.91 Å². The van der Waals surface area contributed by atoms with Crippen molar-refractivity contribution < 1.29 is 9.59 Å². The first-order chi connectivity index (χ1) is 18.7. The van der Waals surface area contributed by atoms with Crippen molar-refractivity contribution >= 4 is 34.1 Å². The van der Waals surface area contributed by atoms with Gasteiger partial charge in [0.05, 0.1) is 22.5 Å². The number of amides is 1. The zero-order valence-corrected chi connectivity index (χ0v) is 22.3. The number of allylic oxidation sites excluding steroid dienone is 1. The minimum absolute atomic E-state index is 0.143. The van der Waals surface area contributed by atoms with Gasteiger partial charge in [0.1, 0.15) is 17.1 Å². The Hall–Kier alpha value is -4.43. The van der Waals surface area contributed by atoms with Crippen molar-refractivity contribution in [3.05, 3.63) is 89.1 Å². The fraction of sp³-hybridized carbons (Fsp3) is 0.258. The first-order valence-electron chi connectivity index (χ1n) is 13.2. The van der Waals surface area contributed by atoms with Crippen LogP contribution in [-0.4, -0.2) is 26.6 Å². The maximum absolute atomic E-state index is 13.2. The number of fused-ring (bicyclic) bond motifs is 3. The molecule has 1 saturated carbocycles. The standard InChI is InChI=1S/C31H30N6O2/c1-18(38)4-10-22-11-7-20(16-33-22)25-14-15-26-27(35-25)28-24(17-34-26)30(39)36-29(19-5-6-19)37(28)23-12-8-21(9-13-23)31(2,3)32/h7-9,11-17H,4-6,10,32H2,1-3H3,(H,36,39). The summed E-state index contributed by atoms with van der Waals surface area (Å²) in [6.07, 6.45) is 6.37. The Balaban J connectivity index is 1.48. The van der Waals surface area contributed by atoms with Crippen molar-refractivity contribution in [2.24, 2.45) is 5.73 Å². The maximum atomic E-state index is 13.2. The number of pyridine rings is 3. The molecule has 2 aliphatic rings. The number of nitrogens with one attached hydrogen (secondary N) is 1. The molecule has 0 bridgehead atoms. The second-order valence-electron chi connectivity index (χ2n) is 10.8. The van der Waals surface area contributed by atoms with Gasteiger partial charge >= 0.3 is 0 Å². The van der Waals surface area contributed by atoms with Crippen LogP contribution in [0, 0.1) is 0 Å². The molecule has 8 heteroatoms. The minimum atomic E-state index is -0.465. The van der Waals surface area contributed by atoms with Crippen molar-refractivity contribution in [3.8, 4) is 11.3 Å². The molecule has 4 aromatic rings. The molecular formula is C31H30N6O2. The molecule has 0 radical (unpaired) electrons. The summed E-state index contributed by atoms with van der Waals surface area (Å²) in [5, 5.41) is 3.11. The molecule has 39 heavy (non-hydrogen) atoms. The van der Waals surface area contributed by atoms with E-state index in [-0.39, 0.29) is 11.7 Å². The SMILES string of the molecule is CC(=O)CCc1ccc(-c2ccc3ncc4c(c3n2)N(c2ccc(C(C)(C)N)cc2)C(=C2CC2)NC4=O)cn1. The summed E-state index contributed by atoms with van der Waals surface area (Å²) >= 11 is 0. The lowest BCUT2D eigenvalue weighted by Gasteiger charge is -2.34. The molecule has 1 aliphatic heterocycles. The van der Waals surface area contributed by atoms with E-state index in [9.17, 15) is 9.59 Å². The first-order valence-corrected chi connectivity index (χ1v) is 13.2. The van der Waals surface area contributed by atoms with Crippen LogP contribution >= 0.6 is 0 Å². The van der Waals surface area contributed by atoms with Crippen LogP contribution in [0.2, 0.25) is 0 Å². The highest BCUT2D eigenvalue weighted by molar-refractivity contribution is 6.11. The highest BCUT2D eigenvalue weighted by Gasteiger charge is 2.35. The van der Waals surface area contributed by atoms with Crippen LogP contribution in [0.15, 0.2) is 72.3 Å². The Kier molecular flexibility index (Phi) is 5.99. The molecule has 6 rings (SSSR count). The Morgan fingerprint density at radius 1 is 1.03 bits per heavy atom. The van der Waals surface area contributed by atoms with Crippen molar-refractivity contribution in [3.63, 3.8) is 0 Å². The van der Waals surface area contributed by atoms with Gasteiger partial charge in [-0.15, -0.1) is 0 Å². The van der Waals surface area contributed by atoms with Crippen LogP contribution in [0.4, 0.5) is 11.4 Å². The third-order valence-corrected chi connectivity index (χ3v) is 7.17. The molecule has 196 valence electrons. The Bertz CT molecular complexity index is 1640. The molecule has 1 amide bonds. The van der Waals surface area contributed by atoms with Crippen molar-refractivity contribution in [1.82, 2.24) is 20.3 Å². The second kappa shape index (κ2) is 9.39. The predicted molar refractivity (Wildman–Crippen MR) is 151 cm³/mol. The lowest BCUT2D eigenvalue weighted by molar-refractivity contribution is -0.117. The third-order valence-electron chi connectivity index (χ3n) is 7.17. The number of hydrogen-bond donors (Lipinski definition) is 2. The van der Waals surface area contributed by atoms with E-state index in [1.807, 2.05) is 62.4 Å². The molecule has 0 spiro atoms. The first kappa shape index (κ1) is 24.9. The summed E-state index contributed by atoms with van der Waals surface area (Å²) in [5.41, 5.74) is 14.0. The number of nitrogens with zero attached hydrogens (tertiary/aromatic N) is 4. The largest absolute Gasteiger partial charge is 0.322 e. The average molecular weight is 519 g/mol. The van der Waals surface area contributed by atoms with Crippen LogP contribution in [0.1, 0.15) is 61.6 Å². The topological polar surface area (TPSA) is 114 Å². The number of anilines is 2. The molecule has 0 atom stereocenters. The number of carbonyl (C=O) groups is 2. The fourth-order valence-electron chi connectivity index (χ4n) is 4.82. The van der Waals surface area contributed by atoms with Gasteiger partial charge in [-0.1, -0.05) is 12.1 Å². The van der Waals surface area contributed by atoms with Gasteiger partial charge < -0.3 is 15.8 Å². The zero-order chi connectivity index (χ0) is 27.3. The number of Topliss-reactive ketones (excluding diaryl/α,β-unsaturated/α-hetero) is 1. The second-order valence-corrected chi connectivity index (χ2v) is 10.8. The summed E-state index contributed by atoms with van der Waals surface area (Å²) in [6.45, 7) is 5.54. The number of rotatable bonds is 6. The lowest BCUT2D eigenvalue weighted by Crippen LogP contribution is -2.39. The normalized spacial score (nSPS) is 14.9. The van der Waals surface area contributed by atoms with Gasteiger partial charge in [0.2, 0.25) is 0 Å². The number of nitrogens with two attached hydrogens (primary N) is 1. The Morgan fingerprint density at radius 2 is 1.79 bits per heavy atom. The van der Waals surface area contributed by atoms with Gasteiger partial charge in [-0.05, 0) is 87.6 Å². The molecule has 3 N–H and O–H groups in total. The minimum Gasteiger partial charge on any atom is -0.322 e. The lowest BCUT2D eigenvalue weighted by atomic mass is 9.95. The molecule has 0 unspecified atom stereocenters. The number of aryl methyl sites for hydroxylation is 1. The van der Waals surface area contributed by atoms with E-state index in [0.717, 1.165) is 46.9 Å². The molecular weight excluding hydrogens is 488 g/mol. The molecule has 0 saturated heterocycles. The van der Waals surface area contributed by atoms with Crippen LogP contribution in [0.5, 0.6) is 0 Å². The van der Waals surface area contributed by atoms with E-state index in [1.54, 1.807) is 19.3 Å². The molecule has 1 fully saturated rings. The van der Waals surface area contributed by atoms with Crippen LogP contribution in [-0.2, 0) is 16.8 Å². The summed E-state index contributed by atoms with van der Waals surface area (Å²) in [7, 11) is 0. The van der Waals surface area contributed by atoms with E-state index in [4.69, 9.17) is 10.7 Å². The Morgan fingerprint density at radius 3 is 2.44 bits per heavy atom. The molecule has 1 aliphatic carbocycles. The highest BCUT2D eigenvalue weighted by atomic mass is 16.2. The van der Waals surface area contributed by atoms with E-state index >= 15 is 0 Å². The number of aromatic nitrogens is 3. The molecule has 8 nitrogen and oxygen atoms in total. The maximum Gasteiger partial charge on any atom is 0.260 e. The molecule has 1 aromatic carbocycles. The van der Waals surface area contributed by atoms with Gasteiger partial charge in [-0.3, -0.25) is 19.7 Å². The van der Waals surface area contributed by atoms with Gasteiger partial charge in [-0.25, -0.2) is 4.98 Å². The van der Waals surface area contributed by atoms with Crippen molar-refractivity contribution in [2.45, 2.75) is 52.0 Å². The van der Waals surface area contributed by atoms with Crippen molar-refractivity contribution in [1.29, 1.82) is 0 Å². The predicted octanol–water partition coefficient (Wildman–Crippen LogP) is 5.29. The summed E-state index contributed by atoms with van der Waals surface area (Å²) in [4.78, 5) is 40.8.